The van der Waals surface area contributed by atoms with Crippen LogP contribution in [0.15, 0.2) is 18.2 Å². The fraction of sp³-hybridized carbons (Fsp3) is 0.417. The second-order valence-electron chi connectivity index (χ2n) is 3.86. The van der Waals surface area contributed by atoms with Crippen molar-refractivity contribution in [3.63, 3.8) is 0 Å². The molecule has 1 rings (SSSR count). The Balaban J connectivity index is 2.79. The molecular weight excluding hydrogens is 218 g/mol. The molecule has 5 N–H and O–H groups in total. The van der Waals surface area contributed by atoms with Gasteiger partial charge in [0, 0.05) is 5.69 Å². The van der Waals surface area contributed by atoms with Crippen LogP contribution in [0, 0.1) is 11.3 Å². The van der Waals surface area contributed by atoms with Crippen molar-refractivity contribution < 1.29 is 10.2 Å². The summed E-state index contributed by atoms with van der Waals surface area (Å²) in [4.78, 5) is 0. The van der Waals surface area contributed by atoms with Crippen molar-refractivity contribution in [3.05, 3.63) is 29.3 Å². The standard InChI is InChI=1S/C12H17N3O2/c1-15-5-4-11(16)12(17)8-2-3-9(7-13)10(14)6-8/h2-3,6,11-12,15-17H,4-5,14H2,1H3. The molecule has 1 aromatic rings. The van der Waals surface area contributed by atoms with E-state index in [1.807, 2.05) is 6.07 Å². The predicted octanol–water partition coefficient (Wildman–Crippen LogP) is 0.144. The number of nitrogen functional groups attached to an aromatic ring is 1. The zero-order valence-electron chi connectivity index (χ0n) is 9.72. The highest BCUT2D eigenvalue weighted by Gasteiger charge is 2.18. The maximum atomic E-state index is 9.89. The zero-order chi connectivity index (χ0) is 12.8. The van der Waals surface area contributed by atoms with Crippen molar-refractivity contribution in [1.82, 2.24) is 5.32 Å². The maximum Gasteiger partial charge on any atom is 0.105 e. The molecule has 0 aliphatic heterocycles. The maximum absolute atomic E-state index is 9.89. The van der Waals surface area contributed by atoms with Gasteiger partial charge in [0.2, 0.25) is 0 Å². The summed E-state index contributed by atoms with van der Waals surface area (Å²) in [5, 5.41) is 31.2. The molecule has 0 aliphatic rings. The molecule has 0 saturated carbocycles. The van der Waals surface area contributed by atoms with Crippen molar-refractivity contribution in [3.8, 4) is 6.07 Å². The number of nitrogens with two attached hydrogens (primary N) is 1. The van der Waals surface area contributed by atoms with Gasteiger partial charge in [0.05, 0.1) is 11.7 Å². The number of hydrogen-bond acceptors (Lipinski definition) is 5. The monoisotopic (exact) mass is 235 g/mol. The largest absolute Gasteiger partial charge is 0.398 e. The summed E-state index contributed by atoms with van der Waals surface area (Å²) in [5.74, 6) is 0. The van der Waals surface area contributed by atoms with Gasteiger partial charge >= 0.3 is 0 Å². The van der Waals surface area contributed by atoms with E-state index in [4.69, 9.17) is 11.0 Å². The average molecular weight is 235 g/mol. The number of benzene rings is 1. The van der Waals surface area contributed by atoms with E-state index < -0.39 is 12.2 Å². The Morgan fingerprint density at radius 3 is 2.71 bits per heavy atom. The molecule has 0 fully saturated rings. The van der Waals surface area contributed by atoms with Crippen LogP contribution in [-0.2, 0) is 0 Å². The molecule has 2 unspecified atom stereocenters. The van der Waals surface area contributed by atoms with E-state index in [2.05, 4.69) is 5.32 Å². The minimum atomic E-state index is -0.988. The summed E-state index contributed by atoms with van der Waals surface area (Å²) in [6.45, 7) is 0.615. The first-order valence-electron chi connectivity index (χ1n) is 5.40. The number of rotatable bonds is 5. The van der Waals surface area contributed by atoms with E-state index in [1.54, 1.807) is 19.2 Å². The summed E-state index contributed by atoms with van der Waals surface area (Å²) < 4.78 is 0. The van der Waals surface area contributed by atoms with Crippen LogP contribution in [0.4, 0.5) is 5.69 Å². The van der Waals surface area contributed by atoms with E-state index in [0.29, 0.717) is 29.8 Å². The van der Waals surface area contributed by atoms with E-state index in [-0.39, 0.29) is 0 Å². The summed E-state index contributed by atoms with van der Waals surface area (Å²) in [5.41, 5.74) is 6.84. The molecule has 0 radical (unpaired) electrons. The molecular formula is C12H17N3O2. The van der Waals surface area contributed by atoms with Gasteiger partial charge in [-0.25, -0.2) is 0 Å². The van der Waals surface area contributed by atoms with Gasteiger partial charge < -0.3 is 21.3 Å². The van der Waals surface area contributed by atoms with Crippen LogP contribution in [-0.4, -0.2) is 29.9 Å². The van der Waals surface area contributed by atoms with E-state index in [0.717, 1.165) is 0 Å². The molecule has 0 aromatic heterocycles. The van der Waals surface area contributed by atoms with Gasteiger partial charge in [-0.3, -0.25) is 0 Å². The number of nitrogens with zero attached hydrogens (tertiary/aromatic N) is 1. The van der Waals surface area contributed by atoms with Crippen molar-refractivity contribution >= 4 is 5.69 Å². The van der Waals surface area contributed by atoms with E-state index in [1.165, 1.54) is 6.07 Å². The molecule has 0 saturated heterocycles. The number of aliphatic hydroxyl groups is 2. The van der Waals surface area contributed by atoms with Crippen LogP contribution < -0.4 is 11.1 Å². The second-order valence-corrected chi connectivity index (χ2v) is 3.86. The Morgan fingerprint density at radius 2 is 2.18 bits per heavy atom. The molecule has 0 heterocycles. The van der Waals surface area contributed by atoms with Crippen LogP contribution in [0.5, 0.6) is 0 Å². The molecule has 5 heteroatoms. The molecule has 5 nitrogen and oxygen atoms in total. The third-order valence-electron chi connectivity index (χ3n) is 2.59. The third kappa shape index (κ3) is 3.43. The van der Waals surface area contributed by atoms with Gasteiger partial charge in [0.1, 0.15) is 12.2 Å². The lowest BCUT2D eigenvalue weighted by atomic mass is 10.00. The first-order valence-corrected chi connectivity index (χ1v) is 5.40. The van der Waals surface area contributed by atoms with Gasteiger partial charge in [0.25, 0.3) is 0 Å². The Hall–Kier alpha value is -1.61. The molecule has 0 spiro atoms. The van der Waals surface area contributed by atoms with Gasteiger partial charge in [-0.05, 0) is 37.7 Å². The SMILES string of the molecule is CNCCC(O)C(O)c1ccc(C#N)c(N)c1. The number of aliphatic hydroxyl groups excluding tert-OH is 2. The highest BCUT2D eigenvalue weighted by Crippen LogP contribution is 2.22. The molecule has 1 aromatic carbocycles. The minimum absolute atomic E-state index is 0.310. The van der Waals surface area contributed by atoms with Crippen LogP contribution in [0.1, 0.15) is 23.7 Å². The normalized spacial score (nSPS) is 14.0. The van der Waals surface area contributed by atoms with Crippen LogP contribution in [0.2, 0.25) is 0 Å². The minimum Gasteiger partial charge on any atom is -0.398 e. The van der Waals surface area contributed by atoms with Crippen molar-refractivity contribution in [2.45, 2.75) is 18.6 Å². The Labute approximate surface area is 100 Å². The smallest absolute Gasteiger partial charge is 0.105 e. The van der Waals surface area contributed by atoms with Crippen LogP contribution >= 0.6 is 0 Å². The number of nitrogens with one attached hydrogen (secondary N) is 1. The van der Waals surface area contributed by atoms with E-state index >= 15 is 0 Å². The van der Waals surface area contributed by atoms with Gasteiger partial charge in [-0.1, -0.05) is 6.07 Å². The van der Waals surface area contributed by atoms with Crippen molar-refractivity contribution in [2.75, 3.05) is 19.3 Å². The zero-order valence-corrected chi connectivity index (χ0v) is 9.72. The quantitative estimate of drug-likeness (QED) is 0.544. The van der Waals surface area contributed by atoms with Gasteiger partial charge in [-0.15, -0.1) is 0 Å². The lowest BCUT2D eigenvalue weighted by Crippen LogP contribution is -2.23. The lowest BCUT2D eigenvalue weighted by Gasteiger charge is -2.18. The van der Waals surface area contributed by atoms with E-state index in [9.17, 15) is 10.2 Å². The fourth-order valence-corrected chi connectivity index (χ4v) is 1.54. The van der Waals surface area contributed by atoms with Crippen molar-refractivity contribution in [2.24, 2.45) is 0 Å². The lowest BCUT2D eigenvalue weighted by molar-refractivity contribution is 0.0140. The Bertz CT molecular complexity index is 415. The second kappa shape index (κ2) is 6.21. The number of anilines is 1. The average Bonchev–Trinajstić information content (AvgIpc) is 2.34. The highest BCUT2D eigenvalue weighted by atomic mass is 16.3. The highest BCUT2D eigenvalue weighted by molar-refractivity contribution is 5.55. The summed E-state index contributed by atoms with van der Waals surface area (Å²) in [7, 11) is 1.78. The number of hydrogen-bond donors (Lipinski definition) is 4. The van der Waals surface area contributed by atoms with Gasteiger partial charge in [0.15, 0.2) is 0 Å². The Morgan fingerprint density at radius 1 is 1.47 bits per heavy atom. The van der Waals surface area contributed by atoms with Crippen LogP contribution in [0.3, 0.4) is 0 Å². The third-order valence-corrected chi connectivity index (χ3v) is 2.59. The topological polar surface area (TPSA) is 102 Å². The molecule has 0 aliphatic carbocycles. The Kier molecular flexibility index (Phi) is 4.91. The number of nitriles is 1. The predicted molar refractivity (Wildman–Crippen MR) is 65.1 cm³/mol. The summed E-state index contributed by atoms with van der Waals surface area (Å²) in [6.07, 6.45) is -1.40. The molecule has 92 valence electrons. The fourth-order valence-electron chi connectivity index (χ4n) is 1.54. The molecule has 0 amide bonds. The van der Waals surface area contributed by atoms with Gasteiger partial charge in [-0.2, -0.15) is 5.26 Å². The van der Waals surface area contributed by atoms with Crippen LogP contribution in [0.25, 0.3) is 0 Å². The summed E-state index contributed by atoms with van der Waals surface area (Å²) in [6, 6.07) is 6.61. The van der Waals surface area contributed by atoms with Crippen molar-refractivity contribution in [1.29, 1.82) is 5.26 Å². The molecule has 2 atom stereocenters. The molecule has 0 bridgehead atoms. The summed E-state index contributed by atoms with van der Waals surface area (Å²) >= 11 is 0. The molecule has 17 heavy (non-hydrogen) atoms. The first-order chi connectivity index (χ1) is 8.10. The first kappa shape index (κ1) is 13.5.